The third-order valence-electron chi connectivity index (χ3n) is 3.82. The third-order valence-corrected chi connectivity index (χ3v) is 4.13. The van der Waals surface area contributed by atoms with E-state index in [-0.39, 0.29) is 30.4 Å². The zero-order valence-corrected chi connectivity index (χ0v) is 12.3. The van der Waals surface area contributed by atoms with Crippen LogP contribution in [0.4, 0.5) is 11.4 Å². The Morgan fingerprint density at radius 1 is 1.48 bits per heavy atom. The lowest BCUT2D eigenvalue weighted by Gasteiger charge is -2.21. The Kier molecular flexibility index (Phi) is 3.73. The summed E-state index contributed by atoms with van der Waals surface area (Å²) in [6.07, 6.45) is 0.808. The number of carbonyl (C=O) groups excluding carboxylic acids is 2. The molecule has 2 unspecified atom stereocenters. The quantitative estimate of drug-likeness (QED) is 0.775. The fourth-order valence-electron chi connectivity index (χ4n) is 2.64. The van der Waals surface area contributed by atoms with Gasteiger partial charge in [0.1, 0.15) is 5.75 Å². The molecule has 0 aliphatic carbocycles. The molecule has 0 aromatic heterocycles. The minimum absolute atomic E-state index is 0.0361. The number of benzene rings is 1. The number of hydrogen-bond donors (Lipinski definition) is 3. The molecule has 21 heavy (non-hydrogen) atoms. The first kappa shape index (κ1) is 14.2. The number of nitrogens with one attached hydrogen (secondary N) is 3. The molecule has 2 atom stereocenters. The average molecular weight is 310 g/mol. The molecule has 1 fully saturated rings. The molecule has 2 aliphatic heterocycles. The van der Waals surface area contributed by atoms with E-state index in [2.05, 4.69) is 16.0 Å². The van der Waals surface area contributed by atoms with Crippen LogP contribution in [0, 0.1) is 5.92 Å². The Labute approximate surface area is 127 Å². The molecule has 112 valence electrons. The molecule has 7 heteroatoms. The van der Waals surface area contributed by atoms with Crippen molar-refractivity contribution < 1.29 is 14.3 Å². The predicted octanol–water partition coefficient (Wildman–Crippen LogP) is 1.61. The van der Waals surface area contributed by atoms with Crippen molar-refractivity contribution in [2.75, 3.05) is 23.8 Å². The van der Waals surface area contributed by atoms with E-state index in [4.69, 9.17) is 16.3 Å². The monoisotopic (exact) mass is 309 g/mol. The van der Waals surface area contributed by atoms with Gasteiger partial charge in [0.2, 0.25) is 5.91 Å². The largest absolute Gasteiger partial charge is 0.482 e. The van der Waals surface area contributed by atoms with Crippen molar-refractivity contribution in [3.05, 3.63) is 17.2 Å². The molecule has 1 saturated heterocycles. The summed E-state index contributed by atoms with van der Waals surface area (Å²) in [4.78, 5) is 23.5. The summed E-state index contributed by atoms with van der Waals surface area (Å²) in [5, 5.41) is 9.12. The lowest BCUT2D eigenvalue weighted by atomic mass is 10.0. The maximum Gasteiger partial charge on any atom is 0.262 e. The Hall–Kier alpha value is -1.79. The molecule has 0 bridgehead atoms. The summed E-state index contributed by atoms with van der Waals surface area (Å²) < 4.78 is 5.33. The van der Waals surface area contributed by atoms with Crippen LogP contribution in [0.1, 0.15) is 13.3 Å². The van der Waals surface area contributed by atoms with E-state index in [1.165, 1.54) is 0 Å². The standard InChI is InChI=1S/C14H16ClN3O3/c1-7-8(2-3-16-7)14(20)18-10-5-12-11(4-9(10)15)17-13(19)6-21-12/h4-5,7-8,16H,2-3,6H2,1H3,(H,17,19)(H,18,20). The molecule has 0 saturated carbocycles. The molecule has 6 nitrogen and oxygen atoms in total. The van der Waals surface area contributed by atoms with Crippen LogP contribution in [0.5, 0.6) is 5.75 Å². The van der Waals surface area contributed by atoms with Gasteiger partial charge in [0.25, 0.3) is 5.91 Å². The van der Waals surface area contributed by atoms with Gasteiger partial charge in [-0.25, -0.2) is 0 Å². The zero-order chi connectivity index (χ0) is 15.0. The van der Waals surface area contributed by atoms with Gasteiger partial charge in [0, 0.05) is 12.1 Å². The average Bonchev–Trinajstić information content (AvgIpc) is 2.86. The number of amides is 2. The molecule has 2 aliphatic rings. The highest BCUT2D eigenvalue weighted by atomic mass is 35.5. The highest BCUT2D eigenvalue weighted by molar-refractivity contribution is 6.34. The van der Waals surface area contributed by atoms with E-state index in [9.17, 15) is 9.59 Å². The van der Waals surface area contributed by atoms with Crippen molar-refractivity contribution in [3.8, 4) is 5.75 Å². The molecule has 1 aromatic rings. The predicted molar refractivity (Wildman–Crippen MR) is 79.8 cm³/mol. The normalized spacial score (nSPS) is 24.0. The summed E-state index contributed by atoms with van der Waals surface area (Å²) in [6, 6.07) is 3.37. The second-order valence-corrected chi connectivity index (χ2v) is 5.70. The van der Waals surface area contributed by atoms with Crippen LogP contribution in [-0.4, -0.2) is 31.0 Å². The Morgan fingerprint density at radius 3 is 3.00 bits per heavy atom. The summed E-state index contributed by atoms with van der Waals surface area (Å²) in [6.45, 7) is 2.79. The minimum Gasteiger partial charge on any atom is -0.482 e. The molecular weight excluding hydrogens is 294 g/mol. The fourth-order valence-corrected chi connectivity index (χ4v) is 2.85. The molecule has 0 spiro atoms. The van der Waals surface area contributed by atoms with Gasteiger partial charge in [-0.3, -0.25) is 9.59 Å². The van der Waals surface area contributed by atoms with Crippen molar-refractivity contribution in [2.24, 2.45) is 5.92 Å². The third kappa shape index (κ3) is 2.82. The zero-order valence-electron chi connectivity index (χ0n) is 11.5. The number of rotatable bonds is 2. The first-order valence-corrected chi connectivity index (χ1v) is 7.23. The second-order valence-electron chi connectivity index (χ2n) is 5.29. The van der Waals surface area contributed by atoms with Crippen LogP contribution in [0.25, 0.3) is 0 Å². The highest BCUT2D eigenvalue weighted by Gasteiger charge is 2.30. The van der Waals surface area contributed by atoms with Gasteiger partial charge < -0.3 is 20.7 Å². The van der Waals surface area contributed by atoms with Gasteiger partial charge in [0.15, 0.2) is 6.61 Å². The minimum atomic E-state index is -0.221. The van der Waals surface area contributed by atoms with Gasteiger partial charge in [-0.1, -0.05) is 11.6 Å². The Morgan fingerprint density at radius 2 is 2.29 bits per heavy atom. The van der Waals surface area contributed by atoms with Crippen LogP contribution >= 0.6 is 11.6 Å². The molecule has 1 aromatic carbocycles. The molecule has 2 heterocycles. The summed E-state index contributed by atoms with van der Waals surface area (Å²) in [7, 11) is 0. The van der Waals surface area contributed by atoms with Crippen molar-refractivity contribution in [3.63, 3.8) is 0 Å². The van der Waals surface area contributed by atoms with Crippen LogP contribution in [-0.2, 0) is 9.59 Å². The second kappa shape index (κ2) is 5.54. The highest BCUT2D eigenvalue weighted by Crippen LogP contribution is 2.36. The summed E-state index contributed by atoms with van der Waals surface area (Å²) in [5.74, 6) is 0.153. The van der Waals surface area contributed by atoms with Crippen molar-refractivity contribution in [1.82, 2.24) is 5.32 Å². The molecular formula is C14H16ClN3O3. The van der Waals surface area contributed by atoms with Gasteiger partial charge in [-0.2, -0.15) is 0 Å². The number of halogens is 1. The van der Waals surface area contributed by atoms with E-state index < -0.39 is 0 Å². The SMILES string of the molecule is CC1NCCC1C(=O)Nc1cc2c(cc1Cl)NC(=O)CO2. The van der Waals surface area contributed by atoms with E-state index in [0.29, 0.717) is 22.1 Å². The number of carbonyl (C=O) groups is 2. The first-order valence-electron chi connectivity index (χ1n) is 6.85. The molecule has 2 amide bonds. The maximum atomic E-state index is 12.3. The van der Waals surface area contributed by atoms with E-state index >= 15 is 0 Å². The Balaban J connectivity index is 1.79. The van der Waals surface area contributed by atoms with Gasteiger partial charge in [0.05, 0.1) is 22.3 Å². The van der Waals surface area contributed by atoms with Crippen molar-refractivity contribution in [1.29, 1.82) is 0 Å². The number of hydrogen-bond acceptors (Lipinski definition) is 4. The molecule has 0 radical (unpaired) electrons. The van der Waals surface area contributed by atoms with Gasteiger partial charge in [-0.15, -0.1) is 0 Å². The topological polar surface area (TPSA) is 79.5 Å². The van der Waals surface area contributed by atoms with E-state index in [0.717, 1.165) is 13.0 Å². The fraction of sp³-hybridized carbons (Fsp3) is 0.429. The lowest BCUT2D eigenvalue weighted by Crippen LogP contribution is -2.32. The van der Waals surface area contributed by atoms with Crippen molar-refractivity contribution >= 4 is 34.8 Å². The van der Waals surface area contributed by atoms with Crippen LogP contribution in [0.15, 0.2) is 12.1 Å². The van der Waals surface area contributed by atoms with Crippen molar-refractivity contribution in [2.45, 2.75) is 19.4 Å². The maximum absolute atomic E-state index is 12.3. The molecule has 3 N–H and O–H groups in total. The number of fused-ring (bicyclic) bond motifs is 1. The lowest BCUT2D eigenvalue weighted by molar-refractivity contribution is -0.120. The first-order chi connectivity index (χ1) is 10.0. The van der Waals surface area contributed by atoms with E-state index in [1.54, 1.807) is 12.1 Å². The number of anilines is 2. The van der Waals surface area contributed by atoms with Crippen LogP contribution in [0.3, 0.4) is 0 Å². The number of ether oxygens (including phenoxy) is 1. The molecule has 3 rings (SSSR count). The van der Waals surface area contributed by atoms with Crippen LogP contribution < -0.4 is 20.7 Å². The Bertz CT molecular complexity index is 605. The van der Waals surface area contributed by atoms with Gasteiger partial charge >= 0.3 is 0 Å². The van der Waals surface area contributed by atoms with Crippen LogP contribution in [0.2, 0.25) is 5.02 Å². The van der Waals surface area contributed by atoms with Gasteiger partial charge in [-0.05, 0) is 26.0 Å². The smallest absolute Gasteiger partial charge is 0.262 e. The van der Waals surface area contributed by atoms with E-state index in [1.807, 2.05) is 6.92 Å². The summed E-state index contributed by atoms with van der Waals surface area (Å²) >= 11 is 6.16. The summed E-state index contributed by atoms with van der Waals surface area (Å²) in [5.41, 5.74) is 1.01.